The third-order valence-electron chi connectivity index (χ3n) is 2.57. The highest BCUT2D eigenvalue weighted by Crippen LogP contribution is 2.20. The Morgan fingerprint density at radius 3 is 2.88 bits per heavy atom. The Bertz CT molecular complexity index is 484. The Kier molecular flexibility index (Phi) is 4.31. The Morgan fingerprint density at radius 2 is 2.24 bits per heavy atom. The van der Waals surface area contributed by atoms with E-state index in [4.69, 9.17) is 0 Å². The normalized spacial score (nSPS) is 12.6. The SMILES string of the molecule is C[C@H](NCc1ccc(Br)c(F)c1)c1cccs1. The maximum absolute atomic E-state index is 13.3. The topological polar surface area (TPSA) is 12.0 Å². The predicted octanol–water partition coefficient (Wildman–Crippen LogP) is 4.50. The molecule has 4 heteroatoms. The molecule has 0 saturated heterocycles. The molecule has 0 aliphatic rings. The zero-order valence-corrected chi connectivity index (χ0v) is 11.8. The van der Waals surface area contributed by atoms with Crippen molar-refractivity contribution in [3.63, 3.8) is 0 Å². The molecular formula is C13H13BrFNS. The summed E-state index contributed by atoms with van der Waals surface area (Å²) in [5.41, 5.74) is 0.953. The van der Waals surface area contributed by atoms with E-state index in [1.54, 1.807) is 23.5 Å². The fourth-order valence-corrected chi connectivity index (χ4v) is 2.56. The summed E-state index contributed by atoms with van der Waals surface area (Å²) < 4.78 is 13.8. The molecule has 0 unspecified atom stereocenters. The van der Waals surface area contributed by atoms with Gasteiger partial charge in [-0.3, -0.25) is 0 Å². The standard InChI is InChI=1S/C13H13BrFNS/c1-9(13-3-2-6-17-13)16-8-10-4-5-11(14)12(15)7-10/h2-7,9,16H,8H2,1H3/t9-/m0/s1. The van der Waals surface area contributed by atoms with Gasteiger partial charge in [0.2, 0.25) is 0 Å². The van der Waals surface area contributed by atoms with Crippen LogP contribution in [-0.2, 0) is 6.54 Å². The van der Waals surface area contributed by atoms with Gasteiger partial charge in [0.05, 0.1) is 4.47 Å². The van der Waals surface area contributed by atoms with Gasteiger partial charge in [-0.05, 0) is 52.0 Å². The Labute approximate surface area is 113 Å². The molecule has 0 saturated carbocycles. The molecule has 0 fully saturated rings. The average molecular weight is 314 g/mol. The maximum atomic E-state index is 13.3. The van der Waals surface area contributed by atoms with Gasteiger partial charge in [0.15, 0.2) is 0 Å². The Balaban J connectivity index is 1.96. The molecule has 0 amide bonds. The maximum Gasteiger partial charge on any atom is 0.137 e. The second-order valence-electron chi connectivity index (χ2n) is 3.87. The second-order valence-corrected chi connectivity index (χ2v) is 5.70. The molecule has 1 aromatic heterocycles. The van der Waals surface area contributed by atoms with E-state index in [0.29, 0.717) is 17.1 Å². The Hall–Kier alpha value is -0.710. The van der Waals surface area contributed by atoms with Crippen molar-refractivity contribution >= 4 is 27.3 Å². The number of nitrogens with one attached hydrogen (secondary N) is 1. The fraction of sp³-hybridized carbons (Fsp3) is 0.231. The van der Waals surface area contributed by atoms with Gasteiger partial charge in [-0.25, -0.2) is 4.39 Å². The van der Waals surface area contributed by atoms with E-state index in [2.05, 4.69) is 39.6 Å². The summed E-state index contributed by atoms with van der Waals surface area (Å²) in [7, 11) is 0. The number of halogens is 2. The molecule has 2 rings (SSSR count). The highest BCUT2D eigenvalue weighted by atomic mass is 79.9. The molecule has 1 N–H and O–H groups in total. The molecule has 1 aromatic carbocycles. The summed E-state index contributed by atoms with van der Waals surface area (Å²) in [6, 6.07) is 9.64. The summed E-state index contributed by atoms with van der Waals surface area (Å²) in [6.45, 7) is 2.78. The second kappa shape index (κ2) is 5.76. The molecule has 1 heterocycles. The van der Waals surface area contributed by atoms with Crippen molar-refractivity contribution in [2.75, 3.05) is 0 Å². The van der Waals surface area contributed by atoms with E-state index in [1.165, 1.54) is 4.88 Å². The van der Waals surface area contributed by atoms with Gasteiger partial charge in [0, 0.05) is 17.5 Å². The van der Waals surface area contributed by atoms with Crippen molar-refractivity contribution in [1.82, 2.24) is 5.32 Å². The first-order chi connectivity index (χ1) is 8.16. The van der Waals surface area contributed by atoms with Crippen LogP contribution in [0.25, 0.3) is 0 Å². The lowest BCUT2D eigenvalue weighted by atomic mass is 10.2. The molecule has 0 aliphatic carbocycles. The van der Waals surface area contributed by atoms with Crippen molar-refractivity contribution in [1.29, 1.82) is 0 Å². The highest BCUT2D eigenvalue weighted by molar-refractivity contribution is 9.10. The average Bonchev–Trinajstić information content (AvgIpc) is 2.84. The van der Waals surface area contributed by atoms with Crippen molar-refractivity contribution < 1.29 is 4.39 Å². The van der Waals surface area contributed by atoms with Crippen LogP contribution in [0.5, 0.6) is 0 Å². The fourth-order valence-electron chi connectivity index (χ4n) is 1.56. The highest BCUT2D eigenvalue weighted by Gasteiger charge is 2.06. The van der Waals surface area contributed by atoms with Crippen LogP contribution in [0, 0.1) is 5.82 Å². The van der Waals surface area contributed by atoms with Gasteiger partial charge in [-0.1, -0.05) is 12.1 Å². The lowest BCUT2D eigenvalue weighted by molar-refractivity contribution is 0.575. The number of rotatable bonds is 4. The van der Waals surface area contributed by atoms with E-state index < -0.39 is 0 Å². The molecule has 2 aromatic rings. The number of thiophene rings is 1. The van der Waals surface area contributed by atoms with E-state index >= 15 is 0 Å². The molecule has 1 atom stereocenters. The molecular weight excluding hydrogens is 301 g/mol. The number of hydrogen-bond donors (Lipinski definition) is 1. The lowest BCUT2D eigenvalue weighted by Gasteiger charge is -2.12. The minimum absolute atomic E-state index is 0.215. The van der Waals surface area contributed by atoms with Gasteiger partial charge in [-0.2, -0.15) is 0 Å². The van der Waals surface area contributed by atoms with Gasteiger partial charge in [-0.15, -0.1) is 11.3 Å². The molecule has 90 valence electrons. The Morgan fingerprint density at radius 1 is 1.41 bits per heavy atom. The minimum atomic E-state index is -0.215. The monoisotopic (exact) mass is 313 g/mol. The number of benzene rings is 1. The van der Waals surface area contributed by atoms with Crippen LogP contribution in [0.3, 0.4) is 0 Å². The summed E-state index contributed by atoms with van der Waals surface area (Å²) in [5, 5.41) is 5.44. The van der Waals surface area contributed by atoms with Crippen LogP contribution in [0.2, 0.25) is 0 Å². The predicted molar refractivity (Wildman–Crippen MR) is 73.7 cm³/mol. The first-order valence-electron chi connectivity index (χ1n) is 5.37. The van der Waals surface area contributed by atoms with Gasteiger partial charge in [0.25, 0.3) is 0 Å². The van der Waals surface area contributed by atoms with Crippen LogP contribution in [0.4, 0.5) is 4.39 Å². The van der Waals surface area contributed by atoms with Gasteiger partial charge < -0.3 is 5.32 Å². The minimum Gasteiger partial charge on any atom is -0.305 e. The van der Waals surface area contributed by atoms with Gasteiger partial charge >= 0.3 is 0 Å². The molecule has 0 bridgehead atoms. The number of hydrogen-bond acceptors (Lipinski definition) is 2. The third-order valence-corrected chi connectivity index (χ3v) is 4.26. The van der Waals surface area contributed by atoms with Crippen molar-refractivity contribution in [2.24, 2.45) is 0 Å². The third kappa shape index (κ3) is 3.37. The van der Waals surface area contributed by atoms with Crippen molar-refractivity contribution in [3.05, 3.63) is 56.4 Å². The van der Waals surface area contributed by atoms with E-state index in [0.717, 1.165) is 5.56 Å². The smallest absolute Gasteiger partial charge is 0.137 e. The summed E-state index contributed by atoms with van der Waals surface area (Å²) >= 11 is 4.87. The molecule has 17 heavy (non-hydrogen) atoms. The van der Waals surface area contributed by atoms with Crippen molar-refractivity contribution in [2.45, 2.75) is 19.5 Å². The molecule has 0 spiro atoms. The van der Waals surface area contributed by atoms with E-state index in [1.807, 2.05) is 12.1 Å². The van der Waals surface area contributed by atoms with Crippen LogP contribution in [0.1, 0.15) is 23.4 Å². The summed E-state index contributed by atoms with van der Waals surface area (Å²) in [6.07, 6.45) is 0. The zero-order chi connectivity index (χ0) is 12.3. The summed E-state index contributed by atoms with van der Waals surface area (Å²) in [5.74, 6) is -0.215. The first-order valence-corrected chi connectivity index (χ1v) is 7.05. The van der Waals surface area contributed by atoms with Crippen LogP contribution in [-0.4, -0.2) is 0 Å². The van der Waals surface area contributed by atoms with Gasteiger partial charge in [0.1, 0.15) is 5.82 Å². The van der Waals surface area contributed by atoms with E-state index in [-0.39, 0.29) is 5.82 Å². The largest absolute Gasteiger partial charge is 0.305 e. The molecule has 1 nitrogen and oxygen atoms in total. The quantitative estimate of drug-likeness (QED) is 0.876. The van der Waals surface area contributed by atoms with Crippen LogP contribution < -0.4 is 5.32 Å². The first kappa shape index (κ1) is 12.7. The van der Waals surface area contributed by atoms with E-state index in [9.17, 15) is 4.39 Å². The van der Waals surface area contributed by atoms with Crippen molar-refractivity contribution in [3.8, 4) is 0 Å². The molecule has 0 aliphatic heterocycles. The summed E-state index contributed by atoms with van der Waals surface area (Å²) in [4.78, 5) is 1.29. The zero-order valence-electron chi connectivity index (χ0n) is 9.41. The lowest BCUT2D eigenvalue weighted by Crippen LogP contribution is -2.17. The molecule has 0 radical (unpaired) electrons. The van der Waals surface area contributed by atoms with Crippen LogP contribution >= 0.6 is 27.3 Å². The van der Waals surface area contributed by atoms with Crippen LogP contribution in [0.15, 0.2) is 40.2 Å².